The van der Waals surface area contributed by atoms with Gasteiger partial charge < -0.3 is 14.6 Å². The maximum Gasteiger partial charge on any atom is 0.338 e. The molecule has 6 nitrogen and oxygen atoms in total. The van der Waals surface area contributed by atoms with Crippen molar-refractivity contribution in [2.24, 2.45) is 0 Å². The van der Waals surface area contributed by atoms with Crippen molar-refractivity contribution in [3.63, 3.8) is 0 Å². The summed E-state index contributed by atoms with van der Waals surface area (Å²) in [5, 5.41) is 12.9. The molecule has 0 radical (unpaired) electrons. The van der Waals surface area contributed by atoms with E-state index in [0.29, 0.717) is 23.4 Å². The molecule has 1 N–H and O–H groups in total. The minimum Gasteiger partial charge on any atom is -0.462 e. The lowest BCUT2D eigenvalue weighted by Crippen LogP contribution is -2.14. The highest BCUT2D eigenvalue weighted by Gasteiger charge is 2.21. The number of hydrogen-bond donors (Lipinski definition) is 1. The van der Waals surface area contributed by atoms with Gasteiger partial charge in [0.2, 0.25) is 0 Å². The zero-order valence-corrected chi connectivity index (χ0v) is 23.4. The molecular formula is C36H29N3O3. The summed E-state index contributed by atoms with van der Waals surface area (Å²) in [4.78, 5) is 25.6. The molecule has 0 aliphatic carbocycles. The number of nitriles is 1. The number of amides is 1. The number of nitrogens with zero attached hydrogens (tertiary/aromatic N) is 2. The summed E-state index contributed by atoms with van der Waals surface area (Å²) in [6.45, 7) is 3.97. The van der Waals surface area contributed by atoms with Gasteiger partial charge >= 0.3 is 5.97 Å². The molecule has 1 heterocycles. The van der Waals surface area contributed by atoms with Gasteiger partial charge in [0.05, 0.1) is 23.6 Å². The van der Waals surface area contributed by atoms with Crippen LogP contribution in [0.3, 0.4) is 0 Å². The number of hydrogen-bond acceptors (Lipinski definition) is 4. The van der Waals surface area contributed by atoms with Crippen molar-refractivity contribution in [3.8, 4) is 34.3 Å². The first kappa shape index (κ1) is 27.9. The highest BCUT2D eigenvalue weighted by Crippen LogP contribution is 2.37. The average molecular weight is 552 g/mol. The number of benzene rings is 4. The van der Waals surface area contributed by atoms with Crippen LogP contribution in [-0.2, 0) is 9.53 Å². The molecule has 6 heteroatoms. The Hall–Kier alpha value is -5.67. The first-order valence-electron chi connectivity index (χ1n) is 13.6. The minimum absolute atomic E-state index is 0.0233. The Morgan fingerprint density at radius 2 is 1.48 bits per heavy atom. The van der Waals surface area contributed by atoms with Gasteiger partial charge in [0.15, 0.2) is 0 Å². The zero-order chi connectivity index (χ0) is 29.5. The molecule has 4 aromatic carbocycles. The first-order chi connectivity index (χ1) is 20.5. The van der Waals surface area contributed by atoms with E-state index in [9.17, 15) is 14.9 Å². The van der Waals surface area contributed by atoms with Crippen molar-refractivity contribution in [3.05, 3.63) is 138 Å². The molecule has 206 valence electrons. The number of aromatic nitrogens is 1. The molecule has 0 atom stereocenters. The summed E-state index contributed by atoms with van der Waals surface area (Å²) in [7, 11) is 0. The fourth-order valence-electron chi connectivity index (χ4n) is 4.79. The number of aryl methyl sites for hydroxylation is 1. The van der Waals surface area contributed by atoms with Crippen molar-refractivity contribution in [2.45, 2.75) is 13.8 Å². The predicted octanol–water partition coefficient (Wildman–Crippen LogP) is 7.84. The van der Waals surface area contributed by atoms with E-state index >= 15 is 0 Å². The number of para-hydroxylation sites is 1. The van der Waals surface area contributed by atoms with Crippen LogP contribution in [0.15, 0.2) is 121 Å². The Labute approximate surface area is 245 Å². The fourth-order valence-corrected chi connectivity index (χ4v) is 4.79. The number of carbonyl (C=O) groups excluding carboxylic acids is 2. The van der Waals surface area contributed by atoms with Crippen LogP contribution in [-0.4, -0.2) is 23.1 Å². The quantitative estimate of drug-likeness (QED) is 0.121. The Kier molecular flexibility index (Phi) is 8.41. The van der Waals surface area contributed by atoms with Gasteiger partial charge in [-0.2, -0.15) is 5.26 Å². The third-order valence-electron chi connectivity index (χ3n) is 6.84. The highest BCUT2D eigenvalue weighted by atomic mass is 16.5. The molecule has 0 saturated carbocycles. The lowest BCUT2D eigenvalue weighted by molar-refractivity contribution is -0.112. The standard InChI is InChI=1S/C36H29N3O3/c1-3-42-36(41)28-18-20-31(21-19-28)39-33(26-13-6-4-7-14-26)23-29(34(39)27-15-8-5-9-16-27)22-30(24-37)35(40)38-32-17-11-10-12-25(32)2/h4-23H,3H2,1-2H3,(H,38,40). The minimum atomic E-state index is -0.487. The lowest BCUT2D eigenvalue weighted by Gasteiger charge is -2.15. The molecule has 0 saturated heterocycles. The first-order valence-corrected chi connectivity index (χ1v) is 13.6. The smallest absolute Gasteiger partial charge is 0.338 e. The molecule has 0 aliphatic heterocycles. The number of anilines is 1. The van der Waals surface area contributed by atoms with Crippen LogP contribution in [0.5, 0.6) is 0 Å². The van der Waals surface area contributed by atoms with Crippen LogP contribution in [0, 0.1) is 18.3 Å². The molecule has 0 aliphatic rings. The second-order valence-corrected chi connectivity index (χ2v) is 9.61. The normalized spacial score (nSPS) is 11.0. The van der Waals surface area contributed by atoms with Crippen LogP contribution in [0.2, 0.25) is 0 Å². The summed E-state index contributed by atoms with van der Waals surface area (Å²) in [5.74, 6) is -0.872. The van der Waals surface area contributed by atoms with Gasteiger partial charge in [-0.3, -0.25) is 4.79 Å². The Morgan fingerprint density at radius 1 is 0.857 bits per heavy atom. The maximum atomic E-state index is 13.3. The van der Waals surface area contributed by atoms with E-state index < -0.39 is 5.91 Å². The Morgan fingerprint density at radius 3 is 2.10 bits per heavy atom. The molecule has 1 amide bonds. The summed E-state index contributed by atoms with van der Waals surface area (Å²) in [6, 6.07) is 38.5. The van der Waals surface area contributed by atoms with Crippen LogP contribution >= 0.6 is 0 Å². The van der Waals surface area contributed by atoms with Gasteiger partial charge in [-0.25, -0.2) is 4.79 Å². The third kappa shape index (κ3) is 5.91. The SMILES string of the molecule is CCOC(=O)c1ccc(-n2c(-c3ccccc3)cc(C=C(C#N)C(=O)Nc3ccccc3C)c2-c2ccccc2)cc1. The number of nitrogens with one attached hydrogen (secondary N) is 1. The number of ether oxygens (including phenoxy) is 1. The number of rotatable bonds is 8. The molecule has 1 aromatic heterocycles. The van der Waals surface area contributed by atoms with Crippen molar-refractivity contribution < 1.29 is 14.3 Å². The van der Waals surface area contributed by atoms with Crippen molar-refractivity contribution in [2.75, 3.05) is 11.9 Å². The van der Waals surface area contributed by atoms with E-state index in [0.717, 1.165) is 33.8 Å². The summed E-state index contributed by atoms with van der Waals surface area (Å²) >= 11 is 0. The van der Waals surface area contributed by atoms with E-state index in [4.69, 9.17) is 4.74 Å². The highest BCUT2D eigenvalue weighted by molar-refractivity contribution is 6.10. The topological polar surface area (TPSA) is 84.1 Å². The summed E-state index contributed by atoms with van der Waals surface area (Å²) in [6.07, 6.45) is 1.63. The van der Waals surface area contributed by atoms with Crippen molar-refractivity contribution >= 4 is 23.6 Å². The van der Waals surface area contributed by atoms with E-state index in [-0.39, 0.29) is 11.5 Å². The lowest BCUT2D eigenvalue weighted by atomic mass is 10.0. The Bertz CT molecular complexity index is 1800. The summed E-state index contributed by atoms with van der Waals surface area (Å²) < 4.78 is 7.25. The third-order valence-corrected chi connectivity index (χ3v) is 6.84. The molecule has 0 bridgehead atoms. The predicted molar refractivity (Wildman–Crippen MR) is 166 cm³/mol. The van der Waals surface area contributed by atoms with Crippen molar-refractivity contribution in [1.82, 2.24) is 4.57 Å². The van der Waals surface area contributed by atoms with Crippen LogP contribution in [0.1, 0.15) is 28.4 Å². The van der Waals surface area contributed by atoms with Crippen LogP contribution in [0.25, 0.3) is 34.3 Å². The monoisotopic (exact) mass is 551 g/mol. The second-order valence-electron chi connectivity index (χ2n) is 9.61. The van der Waals surface area contributed by atoms with Gasteiger partial charge in [-0.1, -0.05) is 78.9 Å². The van der Waals surface area contributed by atoms with Gasteiger partial charge in [0, 0.05) is 16.9 Å². The fraction of sp³-hybridized carbons (Fsp3) is 0.0833. The van der Waals surface area contributed by atoms with Crippen molar-refractivity contribution in [1.29, 1.82) is 5.26 Å². The second kappa shape index (κ2) is 12.7. The largest absolute Gasteiger partial charge is 0.462 e. The molecule has 0 spiro atoms. The molecular weight excluding hydrogens is 522 g/mol. The Balaban J connectivity index is 1.71. The van der Waals surface area contributed by atoms with Gasteiger partial charge in [-0.05, 0) is 73.0 Å². The van der Waals surface area contributed by atoms with Gasteiger partial charge in [0.1, 0.15) is 11.6 Å². The van der Waals surface area contributed by atoms with Gasteiger partial charge in [-0.15, -0.1) is 0 Å². The molecule has 5 aromatic rings. The van der Waals surface area contributed by atoms with E-state index in [2.05, 4.69) is 16.0 Å². The van der Waals surface area contributed by atoms with E-state index in [1.54, 1.807) is 25.1 Å². The summed E-state index contributed by atoms with van der Waals surface area (Å²) in [5.41, 5.74) is 7.00. The maximum absolute atomic E-state index is 13.3. The number of carbonyl (C=O) groups is 2. The number of esters is 1. The molecule has 0 fully saturated rings. The molecule has 5 rings (SSSR count). The van der Waals surface area contributed by atoms with E-state index in [1.807, 2.05) is 110 Å². The molecule has 42 heavy (non-hydrogen) atoms. The van der Waals surface area contributed by atoms with Crippen LogP contribution in [0.4, 0.5) is 5.69 Å². The van der Waals surface area contributed by atoms with E-state index in [1.165, 1.54) is 0 Å². The zero-order valence-electron chi connectivity index (χ0n) is 23.4. The van der Waals surface area contributed by atoms with Gasteiger partial charge in [0.25, 0.3) is 5.91 Å². The molecule has 0 unspecified atom stereocenters. The average Bonchev–Trinajstić information content (AvgIpc) is 3.41. The van der Waals surface area contributed by atoms with Crippen LogP contribution < -0.4 is 5.32 Å².